The van der Waals surface area contributed by atoms with Gasteiger partial charge in [-0.1, -0.05) is 11.6 Å². The number of likely N-dealkylation sites (tertiary alicyclic amines) is 1. The molecule has 1 saturated carbocycles. The Morgan fingerprint density at radius 2 is 2.09 bits per heavy atom. The minimum absolute atomic E-state index is 0.163. The fourth-order valence-electron chi connectivity index (χ4n) is 5.51. The fourth-order valence-corrected chi connectivity index (χ4v) is 5.66. The normalized spacial score (nSPS) is 22.8. The first-order valence-corrected chi connectivity index (χ1v) is 11.8. The topological polar surface area (TPSA) is 74.7 Å². The second kappa shape index (κ2) is 8.83. The number of hydrogen-bond donors (Lipinski definition) is 0. The van der Waals surface area contributed by atoms with Crippen LogP contribution in [0, 0.1) is 5.41 Å². The van der Waals surface area contributed by atoms with E-state index in [0.29, 0.717) is 23.1 Å². The van der Waals surface area contributed by atoms with E-state index in [9.17, 15) is 4.79 Å². The van der Waals surface area contributed by atoms with Gasteiger partial charge < -0.3 is 14.5 Å². The Hall–Kier alpha value is -2.45. The third-order valence-electron chi connectivity index (χ3n) is 7.08. The van der Waals surface area contributed by atoms with Gasteiger partial charge in [0.05, 0.1) is 17.3 Å². The molecule has 3 fully saturated rings. The van der Waals surface area contributed by atoms with E-state index in [-0.39, 0.29) is 6.09 Å². The van der Waals surface area contributed by atoms with Crippen molar-refractivity contribution in [3.05, 3.63) is 35.6 Å². The number of ether oxygens (including phenoxy) is 1. The minimum atomic E-state index is -0.163. The number of piperazine rings is 1. The smallest absolute Gasteiger partial charge is 0.409 e. The van der Waals surface area contributed by atoms with Gasteiger partial charge in [0.25, 0.3) is 0 Å². The van der Waals surface area contributed by atoms with E-state index in [4.69, 9.17) is 16.3 Å². The van der Waals surface area contributed by atoms with Crippen molar-refractivity contribution in [1.82, 2.24) is 25.0 Å². The van der Waals surface area contributed by atoms with Crippen LogP contribution in [0.4, 0.5) is 10.5 Å². The molecule has 32 heavy (non-hydrogen) atoms. The van der Waals surface area contributed by atoms with Gasteiger partial charge in [-0.2, -0.15) is 5.10 Å². The molecule has 5 rings (SSSR count). The number of nitrogens with zero attached hydrogens (tertiary/aromatic N) is 6. The first-order valence-electron chi connectivity index (χ1n) is 11.4. The van der Waals surface area contributed by atoms with Gasteiger partial charge >= 0.3 is 6.09 Å². The molecule has 0 unspecified atom stereocenters. The molecule has 4 heterocycles. The number of carbonyl (C=O) groups excluding carboxylic acids is 1. The number of amides is 1. The van der Waals surface area contributed by atoms with Crippen molar-refractivity contribution in [1.29, 1.82) is 0 Å². The monoisotopic (exact) mass is 456 g/mol. The molecule has 1 spiro atoms. The molecule has 0 N–H and O–H groups in total. The number of rotatable bonds is 4. The number of hydrogen-bond acceptors (Lipinski definition) is 7. The summed E-state index contributed by atoms with van der Waals surface area (Å²) in [5.41, 5.74) is 2.90. The highest BCUT2D eigenvalue weighted by Gasteiger charge is 2.51. The van der Waals surface area contributed by atoms with Crippen molar-refractivity contribution in [2.45, 2.75) is 32.2 Å². The van der Waals surface area contributed by atoms with Gasteiger partial charge in [0.15, 0.2) is 0 Å². The molecule has 170 valence electrons. The molecule has 2 aromatic heterocycles. The van der Waals surface area contributed by atoms with Crippen molar-refractivity contribution in [2.24, 2.45) is 5.41 Å². The molecule has 8 nitrogen and oxygen atoms in total. The van der Waals surface area contributed by atoms with Gasteiger partial charge in [-0.05, 0) is 44.4 Å². The zero-order valence-corrected chi connectivity index (χ0v) is 19.2. The zero-order chi connectivity index (χ0) is 22.1. The van der Waals surface area contributed by atoms with Crippen molar-refractivity contribution in [2.75, 3.05) is 50.8 Å². The molecule has 0 radical (unpaired) electrons. The summed E-state index contributed by atoms with van der Waals surface area (Å²) in [6, 6.07) is 6.38. The summed E-state index contributed by atoms with van der Waals surface area (Å²) in [4.78, 5) is 23.3. The highest BCUT2D eigenvalue weighted by molar-refractivity contribution is 6.30. The number of halogens is 1. The Kier molecular flexibility index (Phi) is 5.90. The number of pyridine rings is 1. The lowest BCUT2D eigenvalue weighted by Crippen LogP contribution is -2.58. The lowest BCUT2D eigenvalue weighted by Gasteiger charge is -2.48. The summed E-state index contributed by atoms with van der Waals surface area (Å²) in [6.07, 6.45) is 6.75. The van der Waals surface area contributed by atoms with Crippen LogP contribution in [0.3, 0.4) is 0 Å². The van der Waals surface area contributed by atoms with Crippen molar-refractivity contribution in [3.8, 4) is 11.4 Å². The van der Waals surface area contributed by atoms with E-state index < -0.39 is 0 Å². The largest absolute Gasteiger partial charge is 0.450 e. The fraction of sp³-hybridized carbons (Fsp3) is 0.565. The average Bonchev–Trinajstić information content (AvgIpc) is 3.25. The van der Waals surface area contributed by atoms with Crippen LogP contribution >= 0.6 is 11.6 Å². The Morgan fingerprint density at radius 1 is 1.28 bits per heavy atom. The maximum Gasteiger partial charge on any atom is 0.409 e. The van der Waals surface area contributed by atoms with E-state index in [0.717, 1.165) is 56.3 Å². The molecule has 2 aromatic rings. The van der Waals surface area contributed by atoms with E-state index in [1.54, 1.807) is 12.4 Å². The molecule has 0 aromatic carbocycles. The minimum Gasteiger partial charge on any atom is -0.450 e. The third kappa shape index (κ3) is 4.13. The van der Waals surface area contributed by atoms with Gasteiger partial charge in [-0.3, -0.25) is 9.88 Å². The number of carbonyl (C=O) groups is 1. The number of anilines is 1. The lowest BCUT2D eigenvalue weighted by molar-refractivity contribution is -0.00294. The summed E-state index contributed by atoms with van der Waals surface area (Å²) in [5.74, 6) is 0. The van der Waals surface area contributed by atoms with Crippen LogP contribution in [0.15, 0.2) is 30.6 Å². The Labute approximate surface area is 193 Å². The Bertz CT molecular complexity index is 960. The molecule has 9 heteroatoms. The molecular formula is C23H29ClN6O2. The van der Waals surface area contributed by atoms with Gasteiger partial charge in [0.1, 0.15) is 11.4 Å². The predicted octanol–water partition coefficient (Wildman–Crippen LogP) is 3.33. The van der Waals surface area contributed by atoms with E-state index >= 15 is 0 Å². The SMILES string of the molecule is CCOC(=O)N1CC2(CC[C@@H](N3CCN(c4cc(Cl)cnc4-c4cccnn4)CC3)C2)C1. The molecule has 3 aliphatic rings. The Morgan fingerprint density at radius 3 is 2.81 bits per heavy atom. The highest BCUT2D eigenvalue weighted by atomic mass is 35.5. The van der Waals surface area contributed by atoms with Gasteiger partial charge in [-0.15, -0.1) is 5.10 Å². The van der Waals surface area contributed by atoms with Gasteiger partial charge in [0.2, 0.25) is 0 Å². The van der Waals surface area contributed by atoms with Crippen LogP contribution in [0.2, 0.25) is 5.02 Å². The van der Waals surface area contributed by atoms with Crippen LogP contribution < -0.4 is 4.90 Å². The summed E-state index contributed by atoms with van der Waals surface area (Å²) < 4.78 is 5.14. The van der Waals surface area contributed by atoms with Crippen LogP contribution in [0.25, 0.3) is 11.4 Å². The summed E-state index contributed by atoms with van der Waals surface area (Å²) >= 11 is 6.29. The van der Waals surface area contributed by atoms with Crippen LogP contribution in [0.1, 0.15) is 26.2 Å². The van der Waals surface area contributed by atoms with Crippen molar-refractivity contribution < 1.29 is 9.53 Å². The van der Waals surface area contributed by atoms with Crippen LogP contribution in [-0.2, 0) is 4.74 Å². The maximum absolute atomic E-state index is 11.9. The standard InChI is InChI=1S/C23H29ClN6O2/c1-2-32-22(31)30-15-23(16-30)6-5-18(13-23)28-8-10-29(11-9-28)20-12-17(24)14-25-21(20)19-4-3-7-26-27-19/h3-4,7,12,14,18H,2,5-6,8-11,13,15-16H2,1H3/t18-/m1/s1. The number of aromatic nitrogens is 3. The van der Waals surface area contributed by atoms with Gasteiger partial charge in [-0.25, -0.2) is 4.79 Å². The van der Waals surface area contributed by atoms with Crippen LogP contribution in [-0.4, -0.2) is 83.0 Å². The predicted molar refractivity (Wildman–Crippen MR) is 123 cm³/mol. The van der Waals surface area contributed by atoms with E-state index in [2.05, 4.69) is 25.0 Å². The molecule has 2 aliphatic heterocycles. The highest BCUT2D eigenvalue weighted by Crippen LogP contribution is 2.47. The third-order valence-corrected chi connectivity index (χ3v) is 7.28. The molecule has 1 amide bonds. The van der Waals surface area contributed by atoms with Crippen LogP contribution in [0.5, 0.6) is 0 Å². The molecule has 2 saturated heterocycles. The first kappa shape index (κ1) is 21.4. The second-order valence-electron chi connectivity index (χ2n) is 9.10. The van der Waals surface area contributed by atoms with Gasteiger partial charge in [0, 0.05) is 63.1 Å². The van der Waals surface area contributed by atoms with Crippen molar-refractivity contribution >= 4 is 23.4 Å². The summed E-state index contributed by atoms with van der Waals surface area (Å²) in [7, 11) is 0. The zero-order valence-electron chi connectivity index (χ0n) is 18.4. The quantitative estimate of drug-likeness (QED) is 0.698. The van der Waals surface area contributed by atoms with E-state index in [1.807, 2.05) is 30.0 Å². The molecule has 1 aliphatic carbocycles. The molecule has 1 atom stereocenters. The Balaban J connectivity index is 1.20. The lowest BCUT2D eigenvalue weighted by atomic mass is 9.78. The first-order chi connectivity index (χ1) is 15.6. The van der Waals surface area contributed by atoms with E-state index in [1.165, 1.54) is 19.3 Å². The molecule has 0 bridgehead atoms. The van der Waals surface area contributed by atoms with Crippen molar-refractivity contribution in [3.63, 3.8) is 0 Å². The second-order valence-corrected chi connectivity index (χ2v) is 9.54. The maximum atomic E-state index is 11.9. The summed E-state index contributed by atoms with van der Waals surface area (Å²) in [5, 5.41) is 8.88. The summed E-state index contributed by atoms with van der Waals surface area (Å²) in [6.45, 7) is 7.85. The molecular weight excluding hydrogens is 428 g/mol. The average molecular weight is 457 g/mol.